The van der Waals surface area contributed by atoms with Gasteiger partial charge in [-0.2, -0.15) is 0 Å². The van der Waals surface area contributed by atoms with Gasteiger partial charge in [-0.05, 0) is 47.2 Å². The molecule has 3 aromatic carbocycles. The Hall–Kier alpha value is -2.78. The standard InChI is InChI=1S/C27H33NO2/c1-3-4-5-6-7-21-8-10-22(11-9-21)23-12-14-24(15-13-23)26-17-16-25(29-2)20-27(26)30-19-18-28/h8-17,20H,3-7,18-19,28H2,1-2H3. The average Bonchev–Trinajstić information content (AvgIpc) is 2.81. The third kappa shape index (κ3) is 5.87. The molecule has 2 N–H and O–H groups in total. The van der Waals surface area contributed by atoms with Crippen LogP contribution in [0, 0.1) is 0 Å². The molecule has 158 valence electrons. The topological polar surface area (TPSA) is 44.5 Å². The summed E-state index contributed by atoms with van der Waals surface area (Å²) in [7, 11) is 1.66. The monoisotopic (exact) mass is 403 g/mol. The van der Waals surface area contributed by atoms with Gasteiger partial charge in [0.2, 0.25) is 0 Å². The Morgan fingerprint density at radius 3 is 2.07 bits per heavy atom. The molecule has 0 aromatic heterocycles. The molecule has 0 radical (unpaired) electrons. The van der Waals surface area contributed by atoms with Gasteiger partial charge in [-0.1, -0.05) is 74.7 Å². The van der Waals surface area contributed by atoms with Crippen LogP contribution in [-0.2, 0) is 6.42 Å². The number of methoxy groups -OCH3 is 1. The van der Waals surface area contributed by atoms with Crippen LogP contribution in [0.4, 0.5) is 0 Å². The molecule has 3 heteroatoms. The lowest BCUT2D eigenvalue weighted by atomic mass is 9.98. The number of rotatable bonds is 11. The average molecular weight is 404 g/mol. The Bertz CT molecular complexity index is 901. The summed E-state index contributed by atoms with van der Waals surface area (Å²) < 4.78 is 11.2. The Labute approximate surface area is 180 Å². The van der Waals surface area contributed by atoms with Crippen LogP contribution in [0.2, 0.25) is 0 Å². The Morgan fingerprint density at radius 1 is 0.767 bits per heavy atom. The predicted octanol–water partition coefficient (Wildman–Crippen LogP) is 6.49. The molecular formula is C27H33NO2. The number of hydrogen-bond acceptors (Lipinski definition) is 3. The molecule has 0 heterocycles. The van der Waals surface area contributed by atoms with Gasteiger partial charge in [-0.15, -0.1) is 0 Å². The van der Waals surface area contributed by atoms with Crippen LogP contribution in [0.3, 0.4) is 0 Å². The Morgan fingerprint density at radius 2 is 1.43 bits per heavy atom. The van der Waals surface area contributed by atoms with Gasteiger partial charge >= 0.3 is 0 Å². The van der Waals surface area contributed by atoms with E-state index in [1.54, 1.807) is 7.11 Å². The summed E-state index contributed by atoms with van der Waals surface area (Å²) in [5, 5.41) is 0. The molecule has 0 aliphatic heterocycles. The van der Waals surface area contributed by atoms with E-state index in [1.165, 1.54) is 48.8 Å². The Kier molecular flexibility index (Phi) is 8.34. The number of hydrogen-bond donors (Lipinski definition) is 1. The summed E-state index contributed by atoms with van der Waals surface area (Å²) in [5.41, 5.74) is 11.6. The smallest absolute Gasteiger partial charge is 0.130 e. The van der Waals surface area contributed by atoms with Crippen LogP contribution in [0.25, 0.3) is 22.3 Å². The van der Waals surface area contributed by atoms with Crippen molar-refractivity contribution in [2.75, 3.05) is 20.3 Å². The zero-order valence-electron chi connectivity index (χ0n) is 18.2. The molecule has 0 atom stereocenters. The summed E-state index contributed by atoms with van der Waals surface area (Å²) in [6.07, 6.45) is 6.38. The van der Waals surface area contributed by atoms with Crippen molar-refractivity contribution in [1.29, 1.82) is 0 Å². The van der Waals surface area contributed by atoms with E-state index in [1.807, 2.05) is 18.2 Å². The third-order valence-electron chi connectivity index (χ3n) is 5.37. The van der Waals surface area contributed by atoms with E-state index in [9.17, 15) is 0 Å². The predicted molar refractivity (Wildman–Crippen MR) is 126 cm³/mol. The number of aryl methyl sites for hydroxylation is 1. The summed E-state index contributed by atoms with van der Waals surface area (Å²) >= 11 is 0. The quantitative estimate of drug-likeness (QED) is 0.372. The fourth-order valence-corrected chi connectivity index (χ4v) is 3.62. The lowest BCUT2D eigenvalue weighted by Gasteiger charge is -2.13. The molecule has 0 aliphatic rings. The van der Waals surface area contributed by atoms with Crippen LogP contribution in [0.1, 0.15) is 38.2 Å². The summed E-state index contributed by atoms with van der Waals surface area (Å²) in [6, 6.07) is 23.5. The molecular weight excluding hydrogens is 370 g/mol. The second-order valence-corrected chi connectivity index (χ2v) is 7.58. The van der Waals surface area contributed by atoms with E-state index in [2.05, 4.69) is 55.5 Å². The van der Waals surface area contributed by atoms with Crippen molar-refractivity contribution in [3.8, 4) is 33.8 Å². The van der Waals surface area contributed by atoms with Gasteiger partial charge in [0.25, 0.3) is 0 Å². The minimum absolute atomic E-state index is 0.475. The van der Waals surface area contributed by atoms with Crippen molar-refractivity contribution >= 4 is 0 Å². The van der Waals surface area contributed by atoms with Crippen molar-refractivity contribution in [2.45, 2.75) is 39.0 Å². The first-order valence-electron chi connectivity index (χ1n) is 11.0. The number of ether oxygens (including phenoxy) is 2. The highest BCUT2D eigenvalue weighted by molar-refractivity contribution is 5.75. The van der Waals surface area contributed by atoms with Crippen molar-refractivity contribution in [3.05, 3.63) is 72.3 Å². The van der Waals surface area contributed by atoms with Crippen molar-refractivity contribution < 1.29 is 9.47 Å². The lowest BCUT2D eigenvalue weighted by Crippen LogP contribution is -2.11. The van der Waals surface area contributed by atoms with Gasteiger partial charge in [-0.25, -0.2) is 0 Å². The van der Waals surface area contributed by atoms with Gasteiger partial charge < -0.3 is 15.2 Å². The van der Waals surface area contributed by atoms with Crippen LogP contribution in [-0.4, -0.2) is 20.3 Å². The van der Waals surface area contributed by atoms with Gasteiger partial charge in [0.15, 0.2) is 0 Å². The number of unbranched alkanes of at least 4 members (excludes halogenated alkanes) is 3. The van der Waals surface area contributed by atoms with Gasteiger partial charge in [0, 0.05) is 18.2 Å². The van der Waals surface area contributed by atoms with Crippen LogP contribution in [0.5, 0.6) is 11.5 Å². The third-order valence-corrected chi connectivity index (χ3v) is 5.37. The van der Waals surface area contributed by atoms with Gasteiger partial charge in [-0.3, -0.25) is 0 Å². The lowest BCUT2D eigenvalue weighted by molar-refractivity contribution is 0.326. The van der Waals surface area contributed by atoms with Crippen molar-refractivity contribution in [1.82, 2.24) is 0 Å². The molecule has 30 heavy (non-hydrogen) atoms. The molecule has 0 saturated carbocycles. The molecule has 0 bridgehead atoms. The number of nitrogens with two attached hydrogens (primary N) is 1. The fourth-order valence-electron chi connectivity index (χ4n) is 3.62. The van der Waals surface area contributed by atoms with Gasteiger partial charge in [0.05, 0.1) is 7.11 Å². The molecule has 3 aromatic rings. The summed E-state index contributed by atoms with van der Waals surface area (Å²) in [5.74, 6) is 1.57. The minimum atomic E-state index is 0.475. The zero-order valence-corrected chi connectivity index (χ0v) is 18.2. The summed E-state index contributed by atoms with van der Waals surface area (Å²) in [6.45, 7) is 3.20. The van der Waals surface area contributed by atoms with E-state index in [-0.39, 0.29) is 0 Å². The molecule has 0 aliphatic carbocycles. The minimum Gasteiger partial charge on any atom is -0.497 e. The van der Waals surface area contributed by atoms with Crippen molar-refractivity contribution in [2.24, 2.45) is 5.73 Å². The maximum absolute atomic E-state index is 5.85. The number of benzene rings is 3. The second-order valence-electron chi connectivity index (χ2n) is 7.58. The van der Waals surface area contributed by atoms with E-state index in [0.717, 1.165) is 22.6 Å². The fraction of sp³-hybridized carbons (Fsp3) is 0.333. The molecule has 0 saturated heterocycles. The molecule has 0 unspecified atom stereocenters. The van der Waals surface area contributed by atoms with Crippen LogP contribution >= 0.6 is 0 Å². The van der Waals surface area contributed by atoms with E-state index in [0.29, 0.717) is 13.2 Å². The second kappa shape index (κ2) is 11.4. The van der Waals surface area contributed by atoms with E-state index in [4.69, 9.17) is 15.2 Å². The maximum Gasteiger partial charge on any atom is 0.130 e. The highest BCUT2D eigenvalue weighted by Gasteiger charge is 2.09. The largest absolute Gasteiger partial charge is 0.497 e. The maximum atomic E-state index is 5.85. The highest BCUT2D eigenvalue weighted by atomic mass is 16.5. The molecule has 3 rings (SSSR count). The molecule has 3 nitrogen and oxygen atoms in total. The SMILES string of the molecule is CCCCCCc1ccc(-c2ccc(-c3ccc(OC)cc3OCCN)cc2)cc1. The van der Waals surface area contributed by atoms with E-state index < -0.39 is 0 Å². The first-order chi connectivity index (χ1) is 14.7. The highest BCUT2D eigenvalue weighted by Crippen LogP contribution is 2.34. The van der Waals surface area contributed by atoms with Crippen LogP contribution < -0.4 is 15.2 Å². The molecule has 0 amide bonds. The van der Waals surface area contributed by atoms with Gasteiger partial charge in [0.1, 0.15) is 18.1 Å². The van der Waals surface area contributed by atoms with Crippen LogP contribution in [0.15, 0.2) is 66.7 Å². The van der Waals surface area contributed by atoms with E-state index >= 15 is 0 Å². The first kappa shape index (κ1) is 21.9. The molecule has 0 fully saturated rings. The zero-order chi connectivity index (χ0) is 21.2. The summed E-state index contributed by atoms with van der Waals surface area (Å²) in [4.78, 5) is 0. The van der Waals surface area contributed by atoms with Crippen molar-refractivity contribution in [3.63, 3.8) is 0 Å². The Balaban J connectivity index is 1.73. The molecule has 0 spiro atoms. The normalized spacial score (nSPS) is 10.8. The first-order valence-corrected chi connectivity index (χ1v) is 11.0.